The fourth-order valence-electron chi connectivity index (χ4n) is 2.61. The second-order valence-corrected chi connectivity index (χ2v) is 4.96. The van der Waals surface area contributed by atoms with E-state index in [1.54, 1.807) is 12.1 Å². The van der Waals surface area contributed by atoms with Crippen LogP contribution in [0.15, 0.2) is 18.2 Å². The van der Waals surface area contributed by atoms with Crippen molar-refractivity contribution in [3.63, 3.8) is 0 Å². The number of nitro groups is 1. The second kappa shape index (κ2) is 6.56. The Bertz CT molecular complexity index is 478. The fraction of sp³-hybridized carbons (Fsp3) is 0.571. The van der Waals surface area contributed by atoms with Gasteiger partial charge in [0.1, 0.15) is 0 Å². The highest BCUT2D eigenvalue weighted by Crippen LogP contribution is 2.34. The molecule has 1 aliphatic heterocycles. The van der Waals surface area contributed by atoms with Crippen molar-refractivity contribution in [2.75, 3.05) is 31.2 Å². The lowest BCUT2D eigenvalue weighted by atomic mass is 10.1. The predicted octanol–water partition coefficient (Wildman–Crippen LogP) is 2.20. The summed E-state index contributed by atoms with van der Waals surface area (Å²) >= 11 is 0. The molecule has 0 spiro atoms. The second-order valence-electron chi connectivity index (χ2n) is 4.96. The average molecular weight is 280 g/mol. The molecule has 0 amide bonds. The number of aliphatic hydroxyl groups excluding tert-OH is 1. The van der Waals surface area contributed by atoms with Gasteiger partial charge in [-0.05, 0) is 31.7 Å². The Hall–Kier alpha value is -1.82. The van der Waals surface area contributed by atoms with Crippen LogP contribution in [0, 0.1) is 16.0 Å². The van der Waals surface area contributed by atoms with Crippen LogP contribution in [0.4, 0.5) is 11.4 Å². The van der Waals surface area contributed by atoms with Crippen molar-refractivity contribution < 1.29 is 14.8 Å². The maximum atomic E-state index is 11.0. The number of hydrogen-bond donors (Lipinski definition) is 1. The van der Waals surface area contributed by atoms with Gasteiger partial charge in [-0.25, -0.2) is 0 Å². The molecule has 1 atom stereocenters. The maximum absolute atomic E-state index is 11.0. The van der Waals surface area contributed by atoms with Crippen molar-refractivity contribution in [1.82, 2.24) is 0 Å². The molecular weight excluding hydrogens is 260 g/mol. The summed E-state index contributed by atoms with van der Waals surface area (Å²) in [6.45, 7) is 4.21. The summed E-state index contributed by atoms with van der Waals surface area (Å²) in [5.41, 5.74) is 0.946. The molecule has 1 N–H and O–H groups in total. The molecule has 1 fully saturated rings. The van der Waals surface area contributed by atoms with Gasteiger partial charge in [0.05, 0.1) is 11.5 Å². The highest BCUT2D eigenvalue weighted by molar-refractivity contribution is 5.59. The Morgan fingerprint density at radius 3 is 3.00 bits per heavy atom. The minimum atomic E-state index is -0.423. The third-order valence-electron chi connectivity index (χ3n) is 3.63. The SMILES string of the molecule is CCOc1cc(N2CCC(CCO)C2)ccc1[N+](=O)[O-]. The van der Waals surface area contributed by atoms with Crippen molar-refractivity contribution in [2.24, 2.45) is 5.92 Å². The monoisotopic (exact) mass is 280 g/mol. The zero-order valence-electron chi connectivity index (χ0n) is 11.6. The summed E-state index contributed by atoms with van der Waals surface area (Å²) in [4.78, 5) is 12.7. The Labute approximate surface area is 118 Å². The van der Waals surface area contributed by atoms with Gasteiger partial charge in [-0.2, -0.15) is 0 Å². The van der Waals surface area contributed by atoms with Crippen LogP contribution in [0.5, 0.6) is 5.75 Å². The first-order valence-electron chi connectivity index (χ1n) is 6.92. The highest BCUT2D eigenvalue weighted by Gasteiger charge is 2.24. The van der Waals surface area contributed by atoms with Crippen LogP contribution in [0.1, 0.15) is 19.8 Å². The first-order chi connectivity index (χ1) is 9.65. The van der Waals surface area contributed by atoms with E-state index >= 15 is 0 Å². The average Bonchev–Trinajstić information content (AvgIpc) is 2.88. The smallest absolute Gasteiger partial charge is 0.311 e. The Morgan fingerprint density at radius 2 is 2.35 bits per heavy atom. The van der Waals surface area contributed by atoms with Gasteiger partial charge in [0.15, 0.2) is 5.75 Å². The molecule has 2 rings (SSSR count). The molecule has 1 aromatic carbocycles. The summed E-state index contributed by atoms with van der Waals surface area (Å²) in [6.07, 6.45) is 1.85. The molecule has 0 saturated carbocycles. The number of hydrogen-bond acceptors (Lipinski definition) is 5. The van der Waals surface area contributed by atoms with Crippen LogP contribution < -0.4 is 9.64 Å². The van der Waals surface area contributed by atoms with Crippen LogP contribution >= 0.6 is 0 Å². The van der Waals surface area contributed by atoms with Crippen LogP contribution in [0.3, 0.4) is 0 Å². The Kier molecular flexibility index (Phi) is 4.79. The van der Waals surface area contributed by atoms with Crippen molar-refractivity contribution in [3.05, 3.63) is 28.3 Å². The van der Waals surface area contributed by atoms with E-state index in [1.807, 2.05) is 6.92 Å². The van der Waals surface area contributed by atoms with E-state index in [0.717, 1.165) is 31.6 Å². The van der Waals surface area contributed by atoms with E-state index in [1.165, 1.54) is 6.07 Å². The molecule has 1 unspecified atom stereocenters. The first-order valence-corrected chi connectivity index (χ1v) is 6.92. The quantitative estimate of drug-likeness (QED) is 0.638. The minimum Gasteiger partial charge on any atom is -0.487 e. The molecule has 20 heavy (non-hydrogen) atoms. The third kappa shape index (κ3) is 3.19. The first kappa shape index (κ1) is 14.6. The summed E-state index contributed by atoms with van der Waals surface area (Å²) in [6, 6.07) is 5.00. The number of anilines is 1. The number of ether oxygens (including phenoxy) is 1. The molecule has 0 aromatic heterocycles. The lowest BCUT2D eigenvalue weighted by molar-refractivity contribution is -0.385. The number of rotatable bonds is 6. The summed E-state index contributed by atoms with van der Waals surface area (Å²) in [5.74, 6) is 0.811. The van der Waals surface area contributed by atoms with E-state index in [2.05, 4.69) is 4.90 Å². The van der Waals surface area contributed by atoms with Gasteiger partial charge in [0, 0.05) is 37.5 Å². The summed E-state index contributed by atoms with van der Waals surface area (Å²) in [5, 5.41) is 19.9. The zero-order valence-corrected chi connectivity index (χ0v) is 11.6. The van der Waals surface area contributed by atoms with Gasteiger partial charge in [-0.15, -0.1) is 0 Å². The molecule has 1 heterocycles. The number of aliphatic hydroxyl groups is 1. The van der Waals surface area contributed by atoms with Crippen molar-refractivity contribution in [1.29, 1.82) is 0 Å². The van der Waals surface area contributed by atoms with Crippen LogP contribution in [-0.2, 0) is 0 Å². The molecule has 6 nitrogen and oxygen atoms in total. The molecule has 1 aromatic rings. The standard InChI is InChI=1S/C14H20N2O4/c1-2-20-14-9-12(3-4-13(14)16(18)19)15-7-5-11(10-15)6-8-17/h3-4,9,11,17H,2,5-8,10H2,1H3. The molecule has 0 bridgehead atoms. The molecule has 0 radical (unpaired) electrons. The molecule has 1 aliphatic rings. The molecule has 6 heteroatoms. The minimum absolute atomic E-state index is 0.00158. The summed E-state index contributed by atoms with van der Waals surface area (Å²) < 4.78 is 5.36. The number of nitrogens with zero attached hydrogens (tertiary/aromatic N) is 2. The predicted molar refractivity (Wildman–Crippen MR) is 76.3 cm³/mol. The third-order valence-corrected chi connectivity index (χ3v) is 3.63. The van der Waals surface area contributed by atoms with Crippen LogP contribution in [-0.4, -0.2) is 36.3 Å². The van der Waals surface area contributed by atoms with Crippen molar-refractivity contribution in [3.8, 4) is 5.75 Å². The molecule has 1 saturated heterocycles. The lowest BCUT2D eigenvalue weighted by Gasteiger charge is -2.19. The summed E-state index contributed by atoms with van der Waals surface area (Å²) in [7, 11) is 0. The molecule has 110 valence electrons. The van der Waals surface area contributed by atoms with Gasteiger partial charge in [0.25, 0.3) is 0 Å². The van der Waals surface area contributed by atoms with E-state index in [0.29, 0.717) is 18.3 Å². The number of benzene rings is 1. The largest absolute Gasteiger partial charge is 0.487 e. The van der Waals surface area contributed by atoms with E-state index < -0.39 is 4.92 Å². The van der Waals surface area contributed by atoms with Gasteiger partial charge in [-0.1, -0.05) is 0 Å². The lowest BCUT2D eigenvalue weighted by Crippen LogP contribution is -2.20. The van der Waals surface area contributed by atoms with Crippen LogP contribution in [0.2, 0.25) is 0 Å². The Balaban J connectivity index is 2.17. The van der Waals surface area contributed by atoms with E-state index in [-0.39, 0.29) is 12.3 Å². The van der Waals surface area contributed by atoms with E-state index in [4.69, 9.17) is 9.84 Å². The molecule has 0 aliphatic carbocycles. The van der Waals surface area contributed by atoms with Gasteiger partial charge < -0.3 is 14.7 Å². The van der Waals surface area contributed by atoms with Crippen LogP contribution in [0.25, 0.3) is 0 Å². The normalized spacial score (nSPS) is 18.3. The van der Waals surface area contributed by atoms with Gasteiger partial charge in [0.2, 0.25) is 0 Å². The zero-order chi connectivity index (χ0) is 14.5. The highest BCUT2D eigenvalue weighted by atomic mass is 16.6. The van der Waals surface area contributed by atoms with E-state index in [9.17, 15) is 10.1 Å². The van der Waals surface area contributed by atoms with Gasteiger partial charge >= 0.3 is 5.69 Å². The maximum Gasteiger partial charge on any atom is 0.311 e. The fourth-order valence-corrected chi connectivity index (χ4v) is 2.61. The molecular formula is C14H20N2O4. The Morgan fingerprint density at radius 1 is 1.55 bits per heavy atom. The topological polar surface area (TPSA) is 75.8 Å². The van der Waals surface area contributed by atoms with Crippen molar-refractivity contribution in [2.45, 2.75) is 19.8 Å². The van der Waals surface area contributed by atoms with Gasteiger partial charge in [-0.3, -0.25) is 10.1 Å². The number of nitro benzene ring substituents is 1. The van der Waals surface area contributed by atoms with Crippen molar-refractivity contribution >= 4 is 11.4 Å².